The zero-order valence-corrected chi connectivity index (χ0v) is 18.2. The number of anilines is 3. The summed E-state index contributed by atoms with van der Waals surface area (Å²) >= 11 is 0. The van der Waals surface area contributed by atoms with E-state index in [9.17, 15) is 14.0 Å². The standard InChI is InChI=1S/C23H20F2N8O/c1-13-8-15-20(25)18(9-17(24)21(15)31-13)34-23-16(10-26)22(29-12-30-23)32-19-3-2-14(11-28-19)33-6-4-27-5-7-33/h2-3,8-9,11-12,27,31H,4-7H2,1H3,(H,28,29,30,32). The van der Waals surface area contributed by atoms with Gasteiger partial charge in [-0.3, -0.25) is 0 Å². The molecule has 1 aliphatic rings. The first kappa shape index (κ1) is 21.5. The number of piperazine rings is 1. The lowest BCUT2D eigenvalue weighted by molar-refractivity contribution is 0.424. The summed E-state index contributed by atoms with van der Waals surface area (Å²) in [4.78, 5) is 17.4. The van der Waals surface area contributed by atoms with Crippen LogP contribution in [0, 0.1) is 29.9 Å². The van der Waals surface area contributed by atoms with Gasteiger partial charge in [-0.15, -0.1) is 0 Å². The number of rotatable bonds is 5. The van der Waals surface area contributed by atoms with Gasteiger partial charge in [0.25, 0.3) is 0 Å². The van der Waals surface area contributed by atoms with E-state index in [0.29, 0.717) is 11.5 Å². The predicted molar refractivity (Wildman–Crippen MR) is 122 cm³/mol. The third kappa shape index (κ3) is 4.06. The SMILES string of the molecule is Cc1cc2c(F)c(Oc3ncnc(Nc4ccc(N5CCNCC5)cn4)c3C#N)cc(F)c2[nH]1. The zero-order chi connectivity index (χ0) is 23.7. The summed E-state index contributed by atoms with van der Waals surface area (Å²) in [6.45, 7) is 5.31. The first-order chi connectivity index (χ1) is 16.5. The number of nitriles is 1. The van der Waals surface area contributed by atoms with E-state index in [0.717, 1.165) is 37.9 Å². The molecule has 4 heterocycles. The molecular weight excluding hydrogens is 442 g/mol. The maximum Gasteiger partial charge on any atom is 0.242 e. The highest BCUT2D eigenvalue weighted by atomic mass is 19.1. The Morgan fingerprint density at radius 3 is 2.71 bits per heavy atom. The summed E-state index contributed by atoms with van der Waals surface area (Å²) in [5.74, 6) is -1.44. The van der Waals surface area contributed by atoms with Crippen molar-refractivity contribution >= 4 is 28.2 Å². The number of benzene rings is 1. The first-order valence-electron chi connectivity index (χ1n) is 10.6. The topological polar surface area (TPSA) is 115 Å². The van der Waals surface area contributed by atoms with Crippen molar-refractivity contribution in [2.24, 2.45) is 0 Å². The molecule has 11 heteroatoms. The molecule has 0 bridgehead atoms. The second-order valence-electron chi connectivity index (χ2n) is 7.79. The van der Waals surface area contributed by atoms with Gasteiger partial charge in [-0.25, -0.2) is 23.7 Å². The lowest BCUT2D eigenvalue weighted by Gasteiger charge is -2.29. The van der Waals surface area contributed by atoms with E-state index in [2.05, 4.69) is 35.5 Å². The van der Waals surface area contributed by atoms with E-state index in [-0.39, 0.29) is 33.9 Å². The van der Waals surface area contributed by atoms with Crippen LogP contribution >= 0.6 is 0 Å². The molecule has 1 fully saturated rings. The molecule has 4 aromatic rings. The van der Waals surface area contributed by atoms with Crippen LogP contribution in [-0.2, 0) is 0 Å². The van der Waals surface area contributed by atoms with Gasteiger partial charge in [0.1, 0.15) is 18.2 Å². The van der Waals surface area contributed by atoms with E-state index in [1.54, 1.807) is 19.2 Å². The van der Waals surface area contributed by atoms with Crippen molar-refractivity contribution in [3.8, 4) is 17.7 Å². The number of hydrogen-bond donors (Lipinski definition) is 3. The maximum absolute atomic E-state index is 15.0. The van der Waals surface area contributed by atoms with Crippen LogP contribution in [0.1, 0.15) is 11.3 Å². The minimum absolute atomic E-state index is 0.0447. The summed E-state index contributed by atoms with van der Waals surface area (Å²) in [5, 5.41) is 16.0. The monoisotopic (exact) mass is 462 g/mol. The van der Waals surface area contributed by atoms with Gasteiger partial charge in [-0.1, -0.05) is 0 Å². The molecule has 9 nitrogen and oxygen atoms in total. The zero-order valence-electron chi connectivity index (χ0n) is 18.2. The van der Waals surface area contributed by atoms with Crippen molar-refractivity contribution in [3.05, 3.63) is 59.7 Å². The van der Waals surface area contributed by atoms with Crippen LogP contribution in [0.4, 0.5) is 26.1 Å². The van der Waals surface area contributed by atoms with Gasteiger partial charge < -0.3 is 25.3 Å². The molecule has 3 aromatic heterocycles. The Morgan fingerprint density at radius 2 is 1.97 bits per heavy atom. The molecule has 172 valence electrons. The van der Waals surface area contributed by atoms with Crippen molar-refractivity contribution in [1.82, 2.24) is 25.3 Å². The third-order valence-corrected chi connectivity index (χ3v) is 5.51. The quantitative estimate of drug-likeness (QED) is 0.411. The lowest BCUT2D eigenvalue weighted by atomic mass is 10.2. The number of aromatic amines is 1. The molecule has 1 saturated heterocycles. The molecule has 1 aromatic carbocycles. The molecule has 0 amide bonds. The minimum atomic E-state index is -0.761. The van der Waals surface area contributed by atoms with E-state index >= 15 is 0 Å². The number of pyridine rings is 1. The molecule has 0 unspecified atom stereocenters. The average molecular weight is 462 g/mol. The molecule has 34 heavy (non-hydrogen) atoms. The number of aromatic nitrogens is 4. The summed E-state index contributed by atoms with van der Waals surface area (Å²) in [6, 6.07) is 8.07. The van der Waals surface area contributed by atoms with Crippen LogP contribution in [0.5, 0.6) is 11.6 Å². The van der Waals surface area contributed by atoms with Crippen LogP contribution in [-0.4, -0.2) is 46.1 Å². The second-order valence-corrected chi connectivity index (χ2v) is 7.79. The number of H-pyrrole nitrogens is 1. The van der Waals surface area contributed by atoms with Crippen molar-refractivity contribution in [3.63, 3.8) is 0 Å². The van der Waals surface area contributed by atoms with Crippen molar-refractivity contribution < 1.29 is 13.5 Å². The number of ether oxygens (including phenoxy) is 1. The Kier molecular flexibility index (Phi) is 5.65. The molecule has 5 rings (SSSR count). The van der Waals surface area contributed by atoms with Gasteiger partial charge in [0, 0.05) is 43.3 Å². The fourth-order valence-electron chi connectivity index (χ4n) is 3.85. The number of halogens is 2. The van der Waals surface area contributed by atoms with Crippen molar-refractivity contribution in [2.75, 3.05) is 36.4 Å². The van der Waals surface area contributed by atoms with E-state index in [4.69, 9.17) is 4.74 Å². The van der Waals surface area contributed by atoms with E-state index in [1.165, 1.54) is 12.4 Å². The number of nitrogens with one attached hydrogen (secondary N) is 3. The first-order valence-corrected chi connectivity index (χ1v) is 10.6. The molecule has 0 radical (unpaired) electrons. The van der Waals surface area contributed by atoms with Crippen LogP contribution in [0.2, 0.25) is 0 Å². The summed E-state index contributed by atoms with van der Waals surface area (Å²) < 4.78 is 34.9. The summed E-state index contributed by atoms with van der Waals surface area (Å²) in [6.07, 6.45) is 2.91. The Balaban J connectivity index is 1.41. The molecule has 3 N–H and O–H groups in total. The molecule has 0 atom stereocenters. The fraction of sp³-hybridized carbons (Fsp3) is 0.217. The van der Waals surface area contributed by atoms with Gasteiger partial charge in [0.05, 0.1) is 17.4 Å². The largest absolute Gasteiger partial charge is 0.434 e. The second kappa shape index (κ2) is 8.92. The Hall–Kier alpha value is -4.30. The fourth-order valence-corrected chi connectivity index (χ4v) is 3.85. The Bertz CT molecular complexity index is 1390. The van der Waals surface area contributed by atoms with Crippen molar-refractivity contribution in [2.45, 2.75) is 6.92 Å². The average Bonchev–Trinajstić information content (AvgIpc) is 3.26. The van der Waals surface area contributed by atoms with Crippen molar-refractivity contribution in [1.29, 1.82) is 5.26 Å². The van der Waals surface area contributed by atoms with Gasteiger partial charge in [-0.2, -0.15) is 5.26 Å². The Labute approximate surface area is 193 Å². The number of aryl methyl sites for hydroxylation is 1. The maximum atomic E-state index is 15.0. The van der Waals surface area contributed by atoms with Gasteiger partial charge in [-0.05, 0) is 25.1 Å². The molecule has 0 saturated carbocycles. The summed E-state index contributed by atoms with van der Waals surface area (Å²) in [7, 11) is 0. The highest BCUT2D eigenvalue weighted by molar-refractivity contribution is 5.83. The van der Waals surface area contributed by atoms with Gasteiger partial charge >= 0.3 is 0 Å². The van der Waals surface area contributed by atoms with Gasteiger partial charge in [0.2, 0.25) is 5.88 Å². The minimum Gasteiger partial charge on any atom is -0.434 e. The normalized spacial score (nSPS) is 13.6. The summed E-state index contributed by atoms with van der Waals surface area (Å²) in [5.41, 5.74) is 1.57. The molecular formula is C23H20F2N8O. The number of nitrogens with zero attached hydrogens (tertiary/aromatic N) is 5. The molecule has 0 spiro atoms. The Morgan fingerprint density at radius 1 is 1.15 bits per heavy atom. The highest BCUT2D eigenvalue weighted by Gasteiger charge is 2.20. The van der Waals surface area contributed by atoms with E-state index < -0.39 is 11.6 Å². The van der Waals surface area contributed by atoms with Crippen LogP contribution in [0.25, 0.3) is 10.9 Å². The van der Waals surface area contributed by atoms with E-state index in [1.807, 2.05) is 12.1 Å². The molecule has 1 aliphatic heterocycles. The van der Waals surface area contributed by atoms with Crippen LogP contribution in [0.3, 0.4) is 0 Å². The van der Waals surface area contributed by atoms with Gasteiger partial charge in [0.15, 0.2) is 28.8 Å². The highest BCUT2D eigenvalue weighted by Crippen LogP contribution is 2.34. The van der Waals surface area contributed by atoms with Crippen LogP contribution < -0.4 is 20.3 Å². The number of hydrogen-bond acceptors (Lipinski definition) is 8. The third-order valence-electron chi connectivity index (χ3n) is 5.51. The molecule has 0 aliphatic carbocycles. The smallest absolute Gasteiger partial charge is 0.242 e. The lowest BCUT2D eigenvalue weighted by Crippen LogP contribution is -2.43. The number of fused-ring (bicyclic) bond motifs is 1. The predicted octanol–water partition coefficient (Wildman–Crippen LogP) is 3.76. The van der Waals surface area contributed by atoms with Crippen LogP contribution in [0.15, 0.2) is 36.8 Å².